The third kappa shape index (κ3) is 4.83. The van der Waals surface area contributed by atoms with E-state index in [-0.39, 0.29) is 17.0 Å². The minimum absolute atomic E-state index is 0.0462. The van der Waals surface area contributed by atoms with Crippen molar-refractivity contribution in [3.63, 3.8) is 0 Å². The van der Waals surface area contributed by atoms with Crippen molar-refractivity contribution in [2.24, 2.45) is 0 Å². The number of halogens is 2. The van der Waals surface area contributed by atoms with Gasteiger partial charge < -0.3 is 9.84 Å². The van der Waals surface area contributed by atoms with Crippen molar-refractivity contribution in [2.75, 3.05) is 6.54 Å². The molecule has 10 heteroatoms. The van der Waals surface area contributed by atoms with Gasteiger partial charge in [-0.25, -0.2) is 21.9 Å². The number of amides is 1. The van der Waals surface area contributed by atoms with E-state index in [1.54, 1.807) is 0 Å². The van der Waals surface area contributed by atoms with Crippen molar-refractivity contribution in [1.82, 2.24) is 15.2 Å². The highest BCUT2D eigenvalue weighted by atomic mass is 32.2. The zero-order valence-electron chi connectivity index (χ0n) is 11.7. The summed E-state index contributed by atoms with van der Waals surface area (Å²) >= 11 is 0. The first kappa shape index (κ1) is 17.0. The first-order chi connectivity index (χ1) is 10.9. The standard InChI is InChI=1S/C13H13F2N3O4S/c14-12(15)8-16-13(19)9-1-3-11(4-2-9)23(20,21)17-7-10-5-6-22-18-10/h1-6,12,17H,7-8H2,(H,16,19). The number of nitrogens with one attached hydrogen (secondary N) is 2. The molecule has 124 valence electrons. The molecule has 2 rings (SSSR count). The minimum atomic E-state index is -3.79. The summed E-state index contributed by atoms with van der Waals surface area (Å²) in [5.41, 5.74) is 0.498. The highest BCUT2D eigenvalue weighted by Crippen LogP contribution is 2.11. The molecule has 1 amide bonds. The number of hydrogen-bond acceptors (Lipinski definition) is 5. The number of nitrogens with zero attached hydrogens (tertiary/aromatic N) is 1. The largest absolute Gasteiger partial charge is 0.364 e. The van der Waals surface area contributed by atoms with Crippen LogP contribution in [0, 0.1) is 0 Å². The first-order valence-electron chi connectivity index (χ1n) is 6.44. The van der Waals surface area contributed by atoms with E-state index < -0.39 is 28.9 Å². The fraction of sp³-hybridized carbons (Fsp3) is 0.231. The topological polar surface area (TPSA) is 101 Å². The van der Waals surface area contributed by atoms with E-state index in [4.69, 9.17) is 0 Å². The molecule has 23 heavy (non-hydrogen) atoms. The van der Waals surface area contributed by atoms with Crippen LogP contribution in [0.1, 0.15) is 16.1 Å². The Balaban J connectivity index is 2.01. The molecule has 0 aliphatic heterocycles. The van der Waals surface area contributed by atoms with E-state index in [1.807, 2.05) is 5.32 Å². The summed E-state index contributed by atoms with van der Waals surface area (Å²) in [6.07, 6.45) is -1.34. The molecule has 0 fully saturated rings. The lowest BCUT2D eigenvalue weighted by molar-refractivity contribution is 0.0891. The third-order valence-electron chi connectivity index (χ3n) is 2.78. The van der Waals surface area contributed by atoms with Crippen molar-refractivity contribution < 1.29 is 26.5 Å². The van der Waals surface area contributed by atoms with Gasteiger partial charge in [0, 0.05) is 11.6 Å². The van der Waals surface area contributed by atoms with Crippen LogP contribution < -0.4 is 10.0 Å². The van der Waals surface area contributed by atoms with Crippen molar-refractivity contribution in [2.45, 2.75) is 17.9 Å². The van der Waals surface area contributed by atoms with Gasteiger partial charge in [-0.1, -0.05) is 5.16 Å². The molecule has 1 heterocycles. The van der Waals surface area contributed by atoms with Crippen molar-refractivity contribution in [3.05, 3.63) is 47.9 Å². The molecule has 2 aromatic rings. The van der Waals surface area contributed by atoms with Crippen LogP contribution in [0.3, 0.4) is 0 Å². The molecule has 0 saturated heterocycles. The Bertz CT molecular complexity index is 746. The maximum atomic E-state index is 12.1. The summed E-state index contributed by atoms with van der Waals surface area (Å²) < 4.78 is 55.0. The van der Waals surface area contributed by atoms with E-state index in [0.717, 1.165) is 0 Å². The van der Waals surface area contributed by atoms with E-state index in [9.17, 15) is 22.0 Å². The Hall–Kier alpha value is -2.33. The molecule has 0 saturated carbocycles. The Morgan fingerprint density at radius 2 is 1.91 bits per heavy atom. The molecule has 0 aliphatic carbocycles. The van der Waals surface area contributed by atoms with Gasteiger partial charge in [0.25, 0.3) is 12.3 Å². The number of aromatic nitrogens is 1. The molecule has 0 bridgehead atoms. The number of rotatable bonds is 7. The number of alkyl halides is 2. The lowest BCUT2D eigenvalue weighted by atomic mass is 10.2. The summed E-state index contributed by atoms with van der Waals surface area (Å²) in [6.45, 7) is -0.812. The molecule has 2 N–H and O–H groups in total. The van der Waals surface area contributed by atoms with Crippen molar-refractivity contribution in [1.29, 1.82) is 0 Å². The number of carbonyl (C=O) groups is 1. The number of carbonyl (C=O) groups excluding carboxylic acids is 1. The van der Waals surface area contributed by atoms with Crippen LogP contribution in [0.25, 0.3) is 0 Å². The highest BCUT2D eigenvalue weighted by Gasteiger charge is 2.16. The molecule has 1 aromatic carbocycles. The SMILES string of the molecule is O=C(NCC(F)F)c1ccc(S(=O)(=O)NCc2ccon2)cc1. The lowest BCUT2D eigenvalue weighted by Gasteiger charge is -2.07. The Labute approximate surface area is 130 Å². The van der Waals surface area contributed by atoms with Gasteiger partial charge in [0.2, 0.25) is 10.0 Å². The molecule has 0 radical (unpaired) electrons. The quantitative estimate of drug-likeness (QED) is 0.784. The maximum absolute atomic E-state index is 12.1. The normalized spacial score (nSPS) is 11.6. The van der Waals surface area contributed by atoms with Crippen LogP contribution in [0.2, 0.25) is 0 Å². The smallest absolute Gasteiger partial charge is 0.255 e. The Morgan fingerprint density at radius 3 is 2.48 bits per heavy atom. The molecule has 1 aromatic heterocycles. The second-order valence-corrected chi connectivity index (χ2v) is 6.21. The van der Waals surface area contributed by atoms with Crippen molar-refractivity contribution in [3.8, 4) is 0 Å². The summed E-state index contributed by atoms with van der Waals surface area (Å²) in [5, 5.41) is 5.60. The molecule has 0 spiro atoms. The Morgan fingerprint density at radius 1 is 1.22 bits per heavy atom. The number of sulfonamides is 1. The molecule has 0 atom stereocenters. The monoisotopic (exact) mass is 345 g/mol. The van der Waals surface area contributed by atoms with Crippen molar-refractivity contribution >= 4 is 15.9 Å². The summed E-state index contributed by atoms with van der Waals surface area (Å²) in [4.78, 5) is 11.5. The molecule has 7 nitrogen and oxygen atoms in total. The predicted octanol–water partition coefficient (Wildman–Crippen LogP) is 1.15. The van der Waals surface area contributed by atoms with Gasteiger partial charge in [-0.15, -0.1) is 0 Å². The first-order valence-corrected chi connectivity index (χ1v) is 7.92. The van der Waals surface area contributed by atoms with E-state index in [2.05, 4.69) is 14.4 Å². The van der Waals surface area contributed by atoms with Gasteiger partial charge in [0.15, 0.2) is 0 Å². The van der Waals surface area contributed by atoms with Crippen LogP contribution in [0.5, 0.6) is 0 Å². The minimum Gasteiger partial charge on any atom is -0.364 e. The number of hydrogen-bond donors (Lipinski definition) is 2. The summed E-state index contributed by atoms with van der Waals surface area (Å²) in [6, 6.07) is 6.42. The lowest BCUT2D eigenvalue weighted by Crippen LogP contribution is -2.28. The Kier molecular flexibility index (Phi) is 5.40. The molecule has 0 unspecified atom stereocenters. The highest BCUT2D eigenvalue weighted by molar-refractivity contribution is 7.89. The average molecular weight is 345 g/mol. The zero-order chi connectivity index (χ0) is 16.9. The van der Waals surface area contributed by atoms with Gasteiger partial charge in [-0.05, 0) is 24.3 Å². The zero-order valence-corrected chi connectivity index (χ0v) is 12.5. The van der Waals surface area contributed by atoms with Crippen LogP contribution >= 0.6 is 0 Å². The average Bonchev–Trinajstić information content (AvgIpc) is 3.04. The van der Waals surface area contributed by atoms with Crippen LogP contribution in [-0.4, -0.2) is 32.5 Å². The van der Waals surface area contributed by atoms with Crippen LogP contribution in [-0.2, 0) is 16.6 Å². The molecular formula is C13H13F2N3O4S. The van der Waals surface area contributed by atoms with E-state index in [1.165, 1.54) is 36.6 Å². The van der Waals surface area contributed by atoms with Crippen LogP contribution in [0.15, 0.2) is 46.0 Å². The second kappa shape index (κ2) is 7.29. The maximum Gasteiger partial charge on any atom is 0.255 e. The van der Waals surface area contributed by atoms with Crippen LogP contribution in [0.4, 0.5) is 8.78 Å². The molecular weight excluding hydrogens is 332 g/mol. The van der Waals surface area contributed by atoms with Gasteiger partial charge >= 0.3 is 0 Å². The van der Waals surface area contributed by atoms with Gasteiger partial charge in [-0.3, -0.25) is 4.79 Å². The summed E-state index contributed by atoms with van der Waals surface area (Å²) in [5.74, 6) is -0.704. The fourth-order valence-electron chi connectivity index (χ4n) is 1.64. The van der Waals surface area contributed by atoms with Gasteiger partial charge in [-0.2, -0.15) is 0 Å². The third-order valence-corrected chi connectivity index (χ3v) is 4.20. The molecule has 0 aliphatic rings. The number of benzene rings is 1. The summed E-state index contributed by atoms with van der Waals surface area (Å²) in [7, 11) is -3.79. The van der Waals surface area contributed by atoms with Gasteiger partial charge in [0.1, 0.15) is 6.26 Å². The fourth-order valence-corrected chi connectivity index (χ4v) is 2.64. The van der Waals surface area contributed by atoms with E-state index in [0.29, 0.717) is 5.69 Å². The van der Waals surface area contributed by atoms with E-state index >= 15 is 0 Å². The predicted molar refractivity (Wildman–Crippen MR) is 75.3 cm³/mol. The second-order valence-electron chi connectivity index (χ2n) is 4.44. The van der Waals surface area contributed by atoms with Gasteiger partial charge in [0.05, 0.1) is 23.7 Å².